The van der Waals surface area contributed by atoms with Crippen molar-refractivity contribution in [1.82, 2.24) is 5.32 Å². The van der Waals surface area contributed by atoms with Crippen molar-refractivity contribution in [1.29, 1.82) is 0 Å². The first-order chi connectivity index (χ1) is 6.59. The summed E-state index contributed by atoms with van der Waals surface area (Å²) in [5, 5.41) is 12.7. The molecule has 0 amide bonds. The Morgan fingerprint density at radius 2 is 2.21 bits per heavy atom. The van der Waals surface area contributed by atoms with Gasteiger partial charge >= 0.3 is 0 Å². The van der Waals surface area contributed by atoms with Crippen LogP contribution >= 0.6 is 0 Å². The summed E-state index contributed by atoms with van der Waals surface area (Å²) in [6.45, 7) is 7.98. The normalized spacial score (nSPS) is 31.7. The topological polar surface area (TPSA) is 41.5 Å². The van der Waals surface area contributed by atoms with Crippen molar-refractivity contribution in [3.8, 4) is 0 Å². The Morgan fingerprint density at radius 3 is 2.71 bits per heavy atom. The summed E-state index contributed by atoms with van der Waals surface area (Å²) in [6.07, 6.45) is 2.13. The molecule has 0 bridgehead atoms. The molecule has 1 fully saturated rings. The number of ether oxygens (including phenoxy) is 1. The zero-order valence-electron chi connectivity index (χ0n) is 9.49. The van der Waals surface area contributed by atoms with Gasteiger partial charge in [0.1, 0.15) is 0 Å². The summed E-state index contributed by atoms with van der Waals surface area (Å²) < 4.78 is 5.47. The highest BCUT2D eigenvalue weighted by Gasteiger charge is 2.23. The Balaban J connectivity index is 2.13. The number of rotatable bonds is 5. The van der Waals surface area contributed by atoms with Crippen LogP contribution in [-0.2, 0) is 4.74 Å². The number of aliphatic hydroxyl groups excluding tert-OH is 1. The molecule has 1 heterocycles. The molecule has 0 aromatic heterocycles. The minimum Gasteiger partial charge on any atom is -0.393 e. The Kier molecular flexibility index (Phi) is 4.85. The van der Waals surface area contributed by atoms with E-state index in [-0.39, 0.29) is 6.10 Å². The van der Waals surface area contributed by atoms with E-state index in [1.165, 1.54) is 0 Å². The molecule has 3 heteroatoms. The van der Waals surface area contributed by atoms with Gasteiger partial charge in [0.2, 0.25) is 0 Å². The van der Waals surface area contributed by atoms with Gasteiger partial charge in [0.15, 0.2) is 0 Å². The first-order valence-electron chi connectivity index (χ1n) is 5.62. The first kappa shape index (κ1) is 12.0. The molecule has 0 aliphatic carbocycles. The lowest BCUT2D eigenvalue weighted by Crippen LogP contribution is -2.37. The molecule has 0 aromatic rings. The van der Waals surface area contributed by atoms with Crippen molar-refractivity contribution in [2.45, 2.75) is 51.9 Å². The summed E-state index contributed by atoms with van der Waals surface area (Å²) >= 11 is 0. The molecule has 0 aromatic carbocycles. The van der Waals surface area contributed by atoms with E-state index in [0.717, 1.165) is 26.0 Å². The minimum atomic E-state index is -0.191. The maximum absolute atomic E-state index is 9.21. The lowest BCUT2D eigenvalue weighted by molar-refractivity contribution is 0.111. The van der Waals surface area contributed by atoms with E-state index < -0.39 is 0 Å². The summed E-state index contributed by atoms with van der Waals surface area (Å²) in [5.74, 6) is 0.530. The van der Waals surface area contributed by atoms with Crippen LogP contribution < -0.4 is 5.32 Å². The van der Waals surface area contributed by atoms with Crippen molar-refractivity contribution < 1.29 is 9.84 Å². The standard InChI is InChI=1S/C11H23NO2/c1-8(6-9(2)13)7-12-11-4-5-14-10(11)3/h8-13H,4-7H2,1-3H3. The van der Waals surface area contributed by atoms with Crippen LogP contribution in [0.25, 0.3) is 0 Å². The third-order valence-corrected chi connectivity index (χ3v) is 2.85. The largest absolute Gasteiger partial charge is 0.393 e. The molecular weight excluding hydrogens is 178 g/mol. The van der Waals surface area contributed by atoms with Gasteiger partial charge in [-0.25, -0.2) is 0 Å². The van der Waals surface area contributed by atoms with Gasteiger partial charge < -0.3 is 15.2 Å². The number of hydrogen-bond donors (Lipinski definition) is 2. The van der Waals surface area contributed by atoms with E-state index in [0.29, 0.717) is 18.1 Å². The summed E-state index contributed by atoms with van der Waals surface area (Å²) in [5.41, 5.74) is 0. The molecule has 4 atom stereocenters. The van der Waals surface area contributed by atoms with E-state index in [9.17, 15) is 5.11 Å². The lowest BCUT2D eigenvalue weighted by Gasteiger charge is -2.20. The van der Waals surface area contributed by atoms with Crippen molar-refractivity contribution in [2.24, 2.45) is 5.92 Å². The minimum absolute atomic E-state index is 0.191. The molecule has 0 saturated carbocycles. The van der Waals surface area contributed by atoms with Crippen LogP contribution in [0.2, 0.25) is 0 Å². The lowest BCUT2D eigenvalue weighted by atomic mass is 10.0. The third kappa shape index (κ3) is 3.95. The zero-order chi connectivity index (χ0) is 10.6. The van der Waals surface area contributed by atoms with E-state index in [4.69, 9.17) is 4.74 Å². The van der Waals surface area contributed by atoms with Gasteiger partial charge in [0, 0.05) is 12.6 Å². The summed E-state index contributed by atoms with van der Waals surface area (Å²) in [4.78, 5) is 0. The predicted octanol–water partition coefficient (Wildman–Crippen LogP) is 1.16. The monoisotopic (exact) mass is 201 g/mol. The fourth-order valence-electron chi connectivity index (χ4n) is 2.02. The maximum Gasteiger partial charge on any atom is 0.0700 e. The van der Waals surface area contributed by atoms with Crippen LogP contribution in [0.3, 0.4) is 0 Å². The number of aliphatic hydroxyl groups is 1. The van der Waals surface area contributed by atoms with Gasteiger partial charge in [-0.15, -0.1) is 0 Å². The summed E-state index contributed by atoms with van der Waals surface area (Å²) in [7, 11) is 0. The predicted molar refractivity (Wildman–Crippen MR) is 57.3 cm³/mol. The van der Waals surface area contributed by atoms with Gasteiger partial charge in [-0.05, 0) is 39.2 Å². The molecule has 1 rings (SSSR count). The van der Waals surface area contributed by atoms with E-state index >= 15 is 0 Å². The van der Waals surface area contributed by atoms with Gasteiger partial charge in [-0.2, -0.15) is 0 Å². The van der Waals surface area contributed by atoms with Crippen LogP contribution in [0.15, 0.2) is 0 Å². The van der Waals surface area contributed by atoms with E-state index in [1.54, 1.807) is 0 Å². The average Bonchev–Trinajstić information content (AvgIpc) is 2.46. The molecule has 3 nitrogen and oxygen atoms in total. The fraction of sp³-hybridized carbons (Fsp3) is 1.00. The smallest absolute Gasteiger partial charge is 0.0700 e. The Labute approximate surface area is 86.8 Å². The zero-order valence-corrected chi connectivity index (χ0v) is 9.49. The Bertz CT molecular complexity index is 161. The first-order valence-corrected chi connectivity index (χ1v) is 5.62. The van der Waals surface area contributed by atoms with Crippen molar-refractivity contribution in [3.63, 3.8) is 0 Å². The summed E-state index contributed by atoms with van der Waals surface area (Å²) in [6, 6.07) is 0.506. The SMILES string of the molecule is CC(O)CC(C)CNC1CCOC1C. The molecule has 1 aliphatic heterocycles. The number of hydrogen-bond acceptors (Lipinski definition) is 3. The fourth-order valence-corrected chi connectivity index (χ4v) is 2.02. The molecule has 14 heavy (non-hydrogen) atoms. The van der Waals surface area contributed by atoms with Gasteiger partial charge in [-0.3, -0.25) is 0 Å². The van der Waals surface area contributed by atoms with Crippen LogP contribution in [0.5, 0.6) is 0 Å². The van der Waals surface area contributed by atoms with Gasteiger partial charge in [-0.1, -0.05) is 6.92 Å². The molecular formula is C11H23NO2. The Morgan fingerprint density at radius 1 is 1.50 bits per heavy atom. The third-order valence-electron chi connectivity index (χ3n) is 2.85. The molecule has 1 aliphatic rings. The highest BCUT2D eigenvalue weighted by Crippen LogP contribution is 2.13. The quantitative estimate of drug-likeness (QED) is 0.701. The van der Waals surface area contributed by atoms with Crippen molar-refractivity contribution >= 4 is 0 Å². The second-order valence-electron chi connectivity index (χ2n) is 4.57. The second kappa shape index (κ2) is 5.69. The van der Waals surface area contributed by atoms with E-state index in [2.05, 4.69) is 19.2 Å². The average molecular weight is 201 g/mol. The molecule has 0 spiro atoms. The van der Waals surface area contributed by atoms with Gasteiger partial charge in [0.25, 0.3) is 0 Å². The van der Waals surface area contributed by atoms with Gasteiger partial charge in [0.05, 0.1) is 12.2 Å². The highest BCUT2D eigenvalue weighted by atomic mass is 16.5. The van der Waals surface area contributed by atoms with E-state index in [1.807, 2.05) is 6.92 Å². The van der Waals surface area contributed by atoms with Crippen molar-refractivity contribution in [3.05, 3.63) is 0 Å². The number of nitrogens with one attached hydrogen (secondary N) is 1. The van der Waals surface area contributed by atoms with Crippen LogP contribution in [-0.4, -0.2) is 36.5 Å². The molecule has 2 N–H and O–H groups in total. The van der Waals surface area contributed by atoms with Crippen LogP contribution in [0.4, 0.5) is 0 Å². The molecule has 84 valence electrons. The molecule has 1 saturated heterocycles. The maximum atomic E-state index is 9.21. The second-order valence-corrected chi connectivity index (χ2v) is 4.57. The molecule has 0 radical (unpaired) electrons. The van der Waals surface area contributed by atoms with Crippen LogP contribution in [0.1, 0.15) is 33.6 Å². The van der Waals surface area contributed by atoms with Crippen molar-refractivity contribution in [2.75, 3.05) is 13.2 Å². The van der Waals surface area contributed by atoms with Crippen LogP contribution in [0, 0.1) is 5.92 Å². The Hall–Kier alpha value is -0.120. The molecule has 4 unspecified atom stereocenters. The highest BCUT2D eigenvalue weighted by molar-refractivity contribution is 4.79.